The maximum atomic E-state index is 12.4. The van der Waals surface area contributed by atoms with Gasteiger partial charge in [-0.2, -0.15) is 0 Å². The molecule has 2 N–H and O–H groups in total. The molecule has 124 valence electrons. The molecule has 3 aliphatic heterocycles. The standard InChI is InChI=1S/C15H25N3O4/c1-13(2,3)22-12(20)18-6-4-15(5-7-18)11(19)16-8-14(17-15)9-21-10-14/h17H,4-10H2,1-3H3,(H,16,19). The normalized spacial score (nSPS) is 26.5. The highest BCUT2D eigenvalue weighted by molar-refractivity contribution is 5.88. The summed E-state index contributed by atoms with van der Waals surface area (Å²) in [6.07, 6.45) is 0.889. The average Bonchev–Trinajstić information content (AvgIpc) is 2.39. The Bertz CT molecular complexity index is 474. The van der Waals surface area contributed by atoms with Crippen LogP contribution in [-0.4, -0.2) is 66.4 Å². The van der Waals surface area contributed by atoms with E-state index in [4.69, 9.17) is 9.47 Å². The van der Waals surface area contributed by atoms with Gasteiger partial charge >= 0.3 is 6.09 Å². The molecule has 22 heavy (non-hydrogen) atoms. The zero-order chi connectivity index (χ0) is 16.0. The van der Waals surface area contributed by atoms with E-state index in [-0.39, 0.29) is 17.5 Å². The Morgan fingerprint density at radius 3 is 2.41 bits per heavy atom. The number of hydrogen-bond acceptors (Lipinski definition) is 5. The molecule has 3 fully saturated rings. The van der Waals surface area contributed by atoms with Crippen molar-refractivity contribution in [2.75, 3.05) is 32.8 Å². The minimum Gasteiger partial charge on any atom is -0.444 e. The summed E-state index contributed by atoms with van der Waals surface area (Å²) in [4.78, 5) is 26.2. The summed E-state index contributed by atoms with van der Waals surface area (Å²) < 4.78 is 10.7. The number of carbonyl (C=O) groups is 2. The molecule has 0 aromatic rings. The lowest BCUT2D eigenvalue weighted by molar-refractivity contribution is -0.148. The molecule has 3 heterocycles. The van der Waals surface area contributed by atoms with E-state index in [1.54, 1.807) is 4.90 Å². The van der Waals surface area contributed by atoms with Crippen LogP contribution in [0.25, 0.3) is 0 Å². The third-order valence-electron chi connectivity index (χ3n) is 4.55. The third-order valence-corrected chi connectivity index (χ3v) is 4.55. The molecule has 0 radical (unpaired) electrons. The van der Waals surface area contributed by atoms with E-state index in [1.165, 1.54) is 0 Å². The lowest BCUT2D eigenvalue weighted by Gasteiger charge is -2.54. The first-order chi connectivity index (χ1) is 10.2. The largest absolute Gasteiger partial charge is 0.444 e. The Hall–Kier alpha value is -1.34. The Morgan fingerprint density at radius 1 is 1.27 bits per heavy atom. The topological polar surface area (TPSA) is 79.9 Å². The Morgan fingerprint density at radius 2 is 1.91 bits per heavy atom. The minimum absolute atomic E-state index is 0.0360. The molecule has 3 rings (SSSR count). The first-order valence-electron chi connectivity index (χ1n) is 7.87. The lowest BCUT2D eigenvalue weighted by atomic mass is 9.79. The number of hydrogen-bond donors (Lipinski definition) is 2. The van der Waals surface area contributed by atoms with E-state index < -0.39 is 11.1 Å². The summed E-state index contributed by atoms with van der Waals surface area (Å²) in [6.45, 7) is 8.48. The highest BCUT2D eigenvalue weighted by Crippen LogP contribution is 2.31. The number of likely N-dealkylation sites (tertiary alicyclic amines) is 1. The smallest absolute Gasteiger partial charge is 0.410 e. The Kier molecular flexibility index (Phi) is 3.60. The van der Waals surface area contributed by atoms with Crippen molar-refractivity contribution in [1.82, 2.24) is 15.5 Å². The van der Waals surface area contributed by atoms with E-state index in [9.17, 15) is 9.59 Å². The second-order valence-corrected chi connectivity index (χ2v) is 7.63. The molecule has 3 aliphatic rings. The summed E-state index contributed by atoms with van der Waals surface area (Å²) in [7, 11) is 0. The number of nitrogens with zero attached hydrogens (tertiary/aromatic N) is 1. The van der Waals surface area contributed by atoms with Gasteiger partial charge in [0.25, 0.3) is 0 Å². The van der Waals surface area contributed by atoms with Crippen LogP contribution in [0.15, 0.2) is 0 Å². The first-order valence-corrected chi connectivity index (χ1v) is 7.87. The fraction of sp³-hybridized carbons (Fsp3) is 0.867. The van der Waals surface area contributed by atoms with E-state index in [0.717, 1.165) is 0 Å². The average molecular weight is 311 g/mol. The molecule has 7 heteroatoms. The predicted molar refractivity (Wildman–Crippen MR) is 79.5 cm³/mol. The van der Waals surface area contributed by atoms with Gasteiger partial charge in [-0.3, -0.25) is 10.1 Å². The quantitative estimate of drug-likeness (QED) is 0.670. The zero-order valence-electron chi connectivity index (χ0n) is 13.5. The second kappa shape index (κ2) is 5.09. The van der Waals surface area contributed by atoms with Crippen LogP contribution in [0.5, 0.6) is 0 Å². The van der Waals surface area contributed by atoms with Crippen LogP contribution in [0.2, 0.25) is 0 Å². The van der Waals surface area contributed by atoms with Gasteiger partial charge in [-0.1, -0.05) is 0 Å². The van der Waals surface area contributed by atoms with Crippen molar-refractivity contribution < 1.29 is 19.1 Å². The molecule has 0 saturated carbocycles. The van der Waals surface area contributed by atoms with E-state index in [0.29, 0.717) is 45.7 Å². The van der Waals surface area contributed by atoms with Crippen molar-refractivity contribution >= 4 is 12.0 Å². The van der Waals surface area contributed by atoms with Crippen molar-refractivity contribution in [3.63, 3.8) is 0 Å². The van der Waals surface area contributed by atoms with Gasteiger partial charge in [0.2, 0.25) is 5.91 Å². The van der Waals surface area contributed by atoms with Gasteiger partial charge in [-0.15, -0.1) is 0 Å². The number of rotatable bonds is 0. The lowest BCUT2D eigenvalue weighted by Crippen LogP contribution is -2.80. The van der Waals surface area contributed by atoms with Gasteiger partial charge in [0, 0.05) is 19.6 Å². The fourth-order valence-corrected chi connectivity index (χ4v) is 3.30. The van der Waals surface area contributed by atoms with Gasteiger partial charge in [-0.05, 0) is 33.6 Å². The van der Waals surface area contributed by atoms with Crippen LogP contribution in [0.1, 0.15) is 33.6 Å². The molecule has 2 amide bonds. The molecule has 0 unspecified atom stereocenters. The maximum Gasteiger partial charge on any atom is 0.410 e. The molecule has 2 spiro atoms. The fourth-order valence-electron chi connectivity index (χ4n) is 3.30. The Labute approximate surface area is 130 Å². The number of nitrogens with one attached hydrogen (secondary N) is 2. The molecular weight excluding hydrogens is 286 g/mol. The number of piperazine rings is 1. The first kappa shape index (κ1) is 15.6. The number of amides is 2. The molecular formula is C15H25N3O4. The second-order valence-electron chi connectivity index (χ2n) is 7.63. The van der Waals surface area contributed by atoms with Crippen LogP contribution in [-0.2, 0) is 14.3 Å². The molecule has 0 aliphatic carbocycles. The number of carbonyl (C=O) groups excluding carboxylic acids is 2. The minimum atomic E-state index is -0.583. The van der Waals surface area contributed by atoms with Crippen molar-refractivity contribution in [3.05, 3.63) is 0 Å². The molecule has 0 aromatic heterocycles. The number of ether oxygens (including phenoxy) is 2. The monoisotopic (exact) mass is 311 g/mol. The molecule has 0 bridgehead atoms. The van der Waals surface area contributed by atoms with Crippen LogP contribution in [0.4, 0.5) is 4.79 Å². The molecule has 0 aromatic carbocycles. The van der Waals surface area contributed by atoms with Gasteiger partial charge in [0.15, 0.2) is 0 Å². The summed E-state index contributed by atoms with van der Waals surface area (Å²) in [5.41, 5.74) is -1.21. The third kappa shape index (κ3) is 2.79. The summed E-state index contributed by atoms with van der Waals surface area (Å²) >= 11 is 0. The molecule has 0 atom stereocenters. The van der Waals surface area contributed by atoms with E-state index in [1.807, 2.05) is 20.8 Å². The molecule has 3 saturated heterocycles. The van der Waals surface area contributed by atoms with E-state index in [2.05, 4.69) is 10.6 Å². The highest BCUT2D eigenvalue weighted by atomic mass is 16.6. The van der Waals surface area contributed by atoms with Gasteiger partial charge in [-0.25, -0.2) is 4.79 Å². The van der Waals surface area contributed by atoms with E-state index >= 15 is 0 Å². The van der Waals surface area contributed by atoms with Crippen LogP contribution >= 0.6 is 0 Å². The highest BCUT2D eigenvalue weighted by Gasteiger charge is 2.54. The van der Waals surface area contributed by atoms with Crippen molar-refractivity contribution in [3.8, 4) is 0 Å². The zero-order valence-corrected chi connectivity index (χ0v) is 13.5. The van der Waals surface area contributed by atoms with Crippen molar-refractivity contribution in [1.29, 1.82) is 0 Å². The summed E-state index contributed by atoms with van der Waals surface area (Å²) in [5.74, 6) is 0.0360. The SMILES string of the molecule is CC(C)(C)OC(=O)N1CCC2(CC1)NC1(CNC2=O)COC1. The summed E-state index contributed by atoms with van der Waals surface area (Å²) in [5, 5.41) is 6.52. The summed E-state index contributed by atoms with van der Waals surface area (Å²) in [6, 6.07) is 0. The van der Waals surface area contributed by atoms with Crippen LogP contribution < -0.4 is 10.6 Å². The predicted octanol–water partition coefficient (Wildman–Crippen LogP) is 0.245. The van der Waals surface area contributed by atoms with Crippen LogP contribution in [0, 0.1) is 0 Å². The maximum absolute atomic E-state index is 12.4. The van der Waals surface area contributed by atoms with Gasteiger partial charge in [0.05, 0.1) is 18.8 Å². The van der Waals surface area contributed by atoms with Crippen LogP contribution in [0.3, 0.4) is 0 Å². The molecule has 7 nitrogen and oxygen atoms in total. The van der Waals surface area contributed by atoms with Gasteiger partial charge < -0.3 is 19.7 Å². The van der Waals surface area contributed by atoms with Gasteiger partial charge in [0.1, 0.15) is 11.1 Å². The Balaban J connectivity index is 1.62. The van der Waals surface area contributed by atoms with Crippen molar-refractivity contribution in [2.24, 2.45) is 0 Å². The number of piperidine rings is 1. The van der Waals surface area contributed by atoms with Crippen molar-refractivity contribution in [2.45, 2.75) is 50.3 Å².